The summed E-state index contributed by atoms with van der Waals surface area (Å²) >= 11 is 6.20. The number of piperazine rings is 1. The summed E-state index contributed by atoms with van der Waals surface area (Å²) in [4.78, 5) is 36.9. The number of nitrogens with one attached hydrogen (secondary N) is 4. The highest BCUT2D eigenvalue weighted by molar-refractivity contribution is 7.90. The number of hydrogen-bond acceptors (Lipinski definition) is 12. The first-order chi connectivity index (χ1) is 28.8. The lowest BCUT2D eigenvalue weighted by Gasteiger charge is -2.37. The van der Waals surface area contributed by atoms with E-state index >= 15 is 0 Å². The Kier molecular flexibility index (Phi) is 13.4. The van der Waals surface area contributed by atoms with Crippen LogP contribution in [0, 0.1) is 16.0 Å². The standard InChI is InChI=1S/C43H49ClN8O7S/c1-28(2)20-38(30-4-6-32(44)7-5-30)29(3)27-50-15-17-51(18-16-50)33-8-10-37(41(22-33)59-34-21-31-12-13-46-42(31)48-25-34)43(53)49-60(56,57)36-9-11-39(40(23-36)52(54)55)47-26-35-24-45-14-19-58-35/h4-13,21-23,25,28,35,45,47H,14-20,24,26-27H2,1-3H3,(H,46,48)(H,49,53)/b38-29-/t35-/m1/s1. The van der Waals surface area contributed by atoms with Crippen LogP contribution in [0.4, 0.5) is 17.1 Å². The molecule has 0 aliphatic carbocycles. The number of carbonyl (C=O) groups is 1. The molecule has 3 aromatic carbocycles. The number of nitrogens with zero attached hydrogens (tertiary/aromatic N) is 4. The fourth-order valence-electron chi connectivity index (χ4n) is 7.46. The molecule has 2 aromatic heterocycles. The molecule has 2 aliphatic rings. The van der Waals surface area contributed by atoms with Crippen molar-refractivity contribution in [1.82, 2.24) is 24.9 Å². The number of pyridine rings is 1. The molecule has 0 bridgehead atoms. The Balaban J connectivity index is 1.09. The van der Waals surface area contributed by atoms with Crippen LogP contribution >= 0.6 is 11.6 Å². The van der Waals surface area contributed by atoms with Crippen molar-refractivity contribution in [3.8, 4) is 11.5 Å². The van der Waals surface area contributed by atoms with Gasteiger partial charge in [0.05, 0.1) is 34.3 Å². The van der Waals surface area contributed by atoms with Gasteiger partial charge in [-0.3, -0.25) is 19.8 Å². The molecule has 0 radical (unpaired) electrons. The smallest absolute Gasteiger partial charge is 0.293 e. The predicted molar refractivity (Wildman–Crippen MR) is 234 cm³/mol. The third kappa shape index (κ3) is 10.4. The van der Waals surface area contributed by atoms with Crippen molar-refractivity contribution in [2.24, 2.45) is 5.92 Å². The molecule has 0 unspecified atom stereocenters. The summed E-state index contributed by atoms with van der Waals surface area (Å²) in [6, 6.07) is 20.1. The van der Waals surface area contributed by atoms with Gasteiger partial charge < -0.3 is 30.0 Å². The summed E-state index contributed by atoms with van der Waals surface area (Å²) in [6.07, 6.45) is 4.01. The van der Waals surface area contributed by atoms with Gasteiger partial charge >= 0.3 is 0 Å². The Labute approximate surface area is 354 Å². The van der Waals surface area contributed by atoms with E-state index in [2.05, 4.69) is 68.0 Å². The van der Waals surface area contributed by atoms with Gasteiger partial charge in [-0.2, -0.15) is 0 Å². The zero-order chi connectivity index (χ0) is 42.4. The highest BCUT2D eigenvalue weighted by Crippen LogP contribution is 2.34. The van der Waals surface area contributed by atoms with Crippen LogP contribution in [0.3, 0.4) is 0 Å². The number of morpholine rings is 1. The van der Waals surface area contributed by atoms with Crippen molar-refractivity contribution < 1.29 is 27.6 Å². The summed E-state index contributed by atoms with van der Waals surface area (Å²) < 4.78 is 41.3. The van der Waals surface area contributed by atoms with E-state index < -0.39 is 31.4 Å². The maximum absolute atomic E-state index is 13.9. The van der Waals surface area contributed by atoms with Gasteiger partial charge in [-0.25, -0.2) is 18.1 Å². The fraction of sp³-hybridized carbons (Fsp3) is 0.349. The summed E-state index contributed by atoms with van der Waals surface area (Å²) in [6.45, 7) is 12.6. The molecule has 17 heteroatoms. The summed E-state index contributed by atoms with van der Waals surface area (Å²) in [5.74, 6) is -0.0205. The average molecular weight is 857 g/mol. The number of carbonyl (C=O) groups excluding carboxylic acids is 1. The number of halogens is 1. The van der Waals surface area contributed by atoms with Crippen LogP contribution in [0.2, 0.25) is 5.02 Å². The van der Waals surface area contributed by atoms with E-state index in [9.17, 15) is 23.3 Å². The number of fused-ring (bicyclic) bond motifs is 1. The number of benzene rings is 3. The lowest BCUT2D eigenvalue weighted by atomic mass is 9.92. The number of hydrogen-bond donors (Lipinski definition) is 4. The van der Waals surface area contributed by atoms with E-state index in [0.29, 0.717) is 48.6 Å². The topological polar surface area (TPSA) is 184 Å². The van der Waals surface area contributed by atoms with Crippen LogP contribution in [-0.4, -0.2) is 99.2 Å². The molecular weight excluding hydrogens is 808 g/mol. The second-order valence-corrected chi connectivity index (χ2v) is 17.6. The van der Waals surface area contributed by atoms with Gasteiger partial charge in [0.1, 0.15) is 22.8 Å². The number of nitro groups is 1. The first kappa shape index (κ1) is 42.6. The zero-order valence-electron chi connectivity index (χ0n) is 33.7. The molecule has 2 saturated heterocycles. The number of amides is 1. The Morgan fingerprint density at radius 2 is 1.85 bits per heavy atom. The van der Waals surface area contributed by atoms with Gasteiger partial charge in [-0.1, -0.05) is 43.2 Å². The number of sulfonamides is 1. The number of H-pyrrole nitrogens is 1. The first-order valence-corrected chi connectivity index (χ1v) is 21.8. The second-order valence-electron chi connectivity index (χ2n) is 15.4. The van der Waals surface area contributed by atoms with Crippen molar-refractivity contribution in [2.75, 3.05) is 69.2 Å². The monoisotopic (exact) mass is 856 g/mol. The minimum Gasteiger partial charge on any atom is -0.455 e. The zero-order valence-corrected chi connectivity index (χ0v) is 35.3. The molecule has 5 aromatic rings. The lowest BCUT2D eigenvalue weighted by Crippen LogP contribution is -2.47. The maximum atomic E-state index is 13.9. The van der Waals surface area contributed by atoms with E-state index in [1.807, 2.05) is 18.2 Å². The summed E-state index contributed by atoms with van der Waals surface area (Å²) in [5, 5.41) is 19.7. The molecule has 316 valence electrons. The molecule has 2 aliphatic heterocycles. The number of allylic oxidation sites excluding steroid dienone is 1. The number of anilines is 2. The van der Waals surface area contributed by atoms with Gasteiger partial charge in [0.15, 0.2) is 0 Å². The van der Waals surface area contributed by atoms with Crippen molar-refractivity contribution in [3.63, 3.8) is 0 Å². The maximum Gasteiger partial charge on any atom is 0.293 e. The molecule has 60 heavy (non-hydrogen) atoms. The minimum atomic E-state index is -4.57. The fourth-order valence-corrected chi connectivity index (χ4v) is 8.58. The van der Waals surface area contributed by atoms with Crippen LogP contribution in [0.1, 0.15) is 43.1 Å². The number of aromatic nitrogens is 2. The predicted octanol–water partition coefficient (Wildman–Crippen LogP) is 7.08. The van der Waals surface area contributed by atoms with Crippen molar-refractivity contribution in [1.29, 1.82) is 0 Å². The highest BCUT2D eigenvalue weighted by atomic mass is 35.5. The molecule has 15 nitrogen and oxygen atoms in total. The number of ether oxygens (including phenoxy) is 2. The quantitative estimate of drug-likeness (QED) is 0.0621. The van der Waals surface area contributed by atoms with Crippen LogP contribution in [0.15, 0.2) is 95.7 Å². The Bertz CT molecular complexity index is 2480. The minimum absolute atomic E-state index is 0.0513. The Morgan fingerprint density at radius 1 is 1.07 bits per heavy atom. The van der Waals surface area contributed by atoms with Gasteiger partial charge in [0, 0.05) is 86.8 Å². The Hall–Kier alpha value is -5.52. The SMILES string of the molecule is C/C(CN1CCN(c2ccc(C(=O)NS(=O)(=O)c3ccc(NC[C@H]4CNCCO4)c([N+](=O)[O-])c3)c(Oc3cnc4[nH]ccc4c3)c2)CC1)=C(\CC(C)C)c1ccc(Cl)cc1. The largest absolute Gasteiger partial charge is 0.455 e. The van der Waals surface area contributed by atoms with E-state index in [0.717, 1.165) is 49.7 Å². The van der Waals surface area contributed by atoms with Crippen molar-refractivity contribution >= 4 is 61.2 Å². The van der Waals surface area contributed by atoms with E-state index in [1.165, 1.54) is 41.1 Å². The molecule has 0 spiro atoms. The molecular formula is C43H49ClN8O7S. The number of aromatic amines is 1. The van der Waals surface area contributed by atoms with Crippen LogP contribution in [-0.2, 0) is 14.8 Å². The first-order valence-electron chi connectivity index (χ1n) is 19.9. The second kappa shape index (κ2) is 18.8. The third-order valence-corrected chi connectivity index (χ3v) is 12.1. The highest BCUT2D eigenvalue weighted by Gasteiger charge is 2.27. The van der Waals surface area contributed by atoms with E-state index in [-0.39, 0.29) is 29.6 Å². The van der Waals surface area contributed by atoms with Crippen LogP contribution < -0.4 is 25.0 Å². The van der Waals surface area contributed by atoms with Crippen LogP contribution in [0.25, 0.3) is 16.6 Å². The molecule has 4 heterocycles. The lowest BCUT2D eigenvalue weighted by molar-refractivity contribution is -0.384. The molecule has 1 amide bonds. The number of nitro benzene ring substituents is 1. The van der Waals surface area contributed by atoms with Crippen molar-refractivity contribution in [2.45, 2.75) is 38.2 Å². The van der Waals surface area contributed by atoms with E-state index in [4.69, 9.17) is 21.1 Å². The molecule has 1 atom stereocenters. The molecule has 2 fully saturated rings. The third-order valence-electron chi connectivity index (χ3n) is 10.6. The molecule has 7 rings (SSSR count). The van der Waals surface area contributed by atoms with Crippen LogP contribution in [0.5, 0.6) is 11.5 Å². The van der Waals surface area contributed by atoms with Gasteiger partial charge in [0.25, 0.3) is 21.6 Å². The van der Waals surface area contributed by atoms with Gasteiger partial charge in [-0.05, 0) is 78.9 Å². The van der Waals surface area contributed by atoms with E-state index in [1.54, 1.807) is 24.4 Å². The molecule has 4 N–H and O–H groups in total. The van der Waals surface area contributed by atoms with Crippen molar-refractivity contribution in [3.05, 3.63) is 117 Å². The van der Waals surface area contributed by atoms with Gasteiger partial charge in [-0.15, -0.1) is 0 Å². The average Bonchev–Trinajstić information content (AvgIpc) is 3.71. The number of rotatable bonds is 15. The van der Waals surface area contributed by atoms with Gasteiger partial charge in [0.2, 0.25) is 0 Å². The summed E-state index contributed by atoms with van der Waals surface area (Å²) in [5.41, 5.74) is 4.90. The Morgan fingerprint density at radius 3 is 2.57 bits per heavy atom. The molecule has 0 saturated carbocycles. The summed E-state index contributed by atoms with van der Waals surface area (Å²) in [7, 11) is -4.57. The normalized spacial score (nSPS) is 16.8.